The van der Waals surface area contributed by atoms with Crippen molar-refractivity contribution in [3.8, 4) is 5.75 Å². The maximum Gasteiger partial charge on any atom is 0.338 e. The first kappa shape index (κ1) is 17.3. The van der Waals surface area contributed by atoms with Crippen molar-refractivity contribution in [2.45, 2.75) is 39.2 Å². The maximum atomic E-state index is 12.0. The number of hydrogen-bond donors (Lipinski definition) is 1. The Morgan fingerprint density at radius 3 is 2.52 bits per heavy atom. The minimum atomic E-state index is -0.507. The molecule has 0 unspecified atom stereocenters. The van der Waals surface area contributed by atoms with Crippen LogP contribution in [-0.4, -0.2) is 31.6 Å². The highest BCUT2D eigenvalue weighted by molar-refractivity contribution is 5.91. The molecule has 0 aromatic heterocycles. The second kappa shape index (κ2) is 7.99. The Morgan fingerprint density at radius 1 is 1.17 bits per heavy atom. The van der Waals surface area contributed by atoms with Crippen molar-refractivity contribution in [1.29, 1.82) is 0 Å². The molecule has 0 heterocycles. The van der Waals surface area contributed by atoms with Gasteiger partial charge in [-0.3, -0.25) is 4.79 Å². The molecule has 0 radical (unpaired) electrons. The average Bonchev–Trinajstić information content (AvgIpc) is 2.57. The van der Waals surface area contributed by atoms with E-state index in [0.29, 0.717) is 23.1 Å². The van der Waals surface area contributed by atoms with E-state index < -0.39 is 5.97 Å². The van der Waals surface area contributed by atoms with E-state index in [1.807, 2.05) is 0 Å². The molecule has 3 atom stereocenters. The lowest BCUT2D eigenvalue weighted by atomic mass is 9.78. The number of benzene rings is 1. The molecular formula is C18H25NO4. The standard InChI is InChI=1S/C18H25NO4/c1-12-5-4-6-16(13(12)2)19-17(20)11-23-18(21)14-7-9-15(22-3)10-8-14/h7-10,12-13,16H,4-6,11H2,1-3H3,(H,19,20)/t12-,13+,16-/m1/s1. The van der Waals surface area contributed by atoms with E-state index in [2.05, 4.69) is 19.2 Å². The van der Waals surface area contributed by atoms with E-state index in [0.717, 1.165) is 12.8 Å². The fraction of sp³-hybridized carbons (Fsp3) is 0.556. The van der Waals surface area contributed by atoms with E-state index in [1.165, 1.54) is 6.42 Å². The fourth-order valence-electron chi connectivity index (χ4n) is 2.98. The molecule has 0 spiro atoms. The van der Waals surface area contributed by atoms with Gasteiger partial charge in [0.25, 0.3) is 5.91 Å². The van der Waals surface area contributed by atoms with Gasteiger partial charge in [-0.15, -0.1) is 0 Å². The van der Waals surface area contributed by atoms with Gasteiger partial charge in [0, 0.05) is 6.04 Å². The smallest absolute Gasteiger partial charge is 0.338 e. The molecule has 5 heteroatoms. The molecule has 2 rings (SSSR count). The minimum Gasteiger partial charge on any atom is -0.497 e. The predicted molar refractivity (Wildman–Crippen MR) is 87.4 cm³/mol. The third kappa shape index (κ3) is 4.71. The molecule has 1 saturated carbocycles. The van der Waals surface area contributed by atoms with Crippen molar-refractivity contribution >= 4 is 11.9 Å². The van der Waals surface area contributed by atoms with Gasteiger partial charge in [-0.2, -0.15) is 0 Å². The van der Waals surface area contributed by atoms with Crippen LogP contribution in [0.15, 0.2) is 24.3 Å². The first-order valence-electron chi connectivity index (χ1n) is 8.11. The van der Waals surface area contributed by atoms with Gasteiger partial charge in [-0.05, 0) is 42.5 Å². The van der Waals surface area contributed by atoms with Gasteiger partial charge in [0.1, 0.15) is 5.75 Å². The van der Waals surface area contributed by atoms with Crippen LogP contribution in [0.2, 0.25) is 0 Å². The Kier molecular flexibility index (Phi) is 6.02. The molecule has 0 saturated heterocycles. The summed E-state index contributed by atoms with van der Waals surface area (Å²) >= 11 is 0. The van der Waals surface area contributed by atoms with Crippen molar-refractivity contribution in [2.24, 2.45) is 11.8 Å². The Hall–Kier alpha value is -2.04. The summed E-state index contributed by atoms with van der Waals surface area (Å²) < 4.78 is 10.1. The van der Waals surface area contributed by atoms with Crippen LogP contribution in [0.25, 0.3) is 0 Å². The topological polar surface area (TPSA) is 64.6 Å². The lowest BCUT2D eigenvalue weighted by Gasteiger charge is -2.34. The van der Waals surface area contributed by atoms with Crippen LogP contribution in [0.4, 0.5) is 0 Å². The summed E-state index contributed by atoms with van der Waals surface area (Å²) in [5, 5.41) is 2.99. The number of rotatable bonds is 5. The number of amides is 1. The Labute approximate surface area is 137 Å². The van der Waals surface area contributed by atoms with Crippen molar-refractivity contribution in [3.05, 3.63) is 29.8 Å². The average molecular weight is 319 g/mol. The Balaban J connectivity index is 1.80. The van der Waals surface area contributed by atoms with Crippen molar-refractivity contribution in [3.63, 3.8) is 0 Å². The van der Waals surface area contributed by atoms with Crippen LogP contribution in [0, 0.1) is 11.8 Å². The first-order chi connectivity index (χ1) is 11.0. The van der Waals surface area contributed by atoms with Crippen molar-refractivity contribution in [1.82, 2.24) is 5.32 Å². The summed E-state index contributed by atoms with van der Waals surface area (Å²) in [6.07, 6.45) is 3.33. The summed E-state index contributed by atoms with van der Waals surface area (Å²) in [6.45, 7) is 4.13. The number of carbonyl (C=O) groups is 2. The first-order valence-corrected chi connectivity index (χ1v) is 8.11. The zero-order chi connectivity index (χ0) is 16.8. The van der Waals surface area contributed by atoms with Crippen molar-refractivity contribution < 1.29 is 19.1 Å². The van der Waals surface area contributed by atoms with Crippen LogP contribution < -0.4 is 10.1 Å². The van der Waals surface area contributed by atoms with Gasteiger partial charge in [-0.25, -0.2) is 4.79 Å². The minimum absolute atomic E-state index is 0.172. The molecule has 5 nitrogen and oxygen atoms in total. The van der Waals surface area contributed by atoms with E-state index in [-0.39, 0.29) is 18.6 Å². The maximum absolute atomic E-state index is 12.0. The highest BCUT2D eigenvalue weighted by Gasteiger charge is 2.28. The normalized spacial score (nSPS) is 23.9. The largest absolute Gasteiger partial charge is 0.497 e. The van der Waals surface area contributed by atoms with Crippen molar-refractivity contribution in [2.75, 3.05) is 13.7 Å². The molecule has 1 amide bonds. The quantitative estimate of drug-likeness (QED) is 0.848. The molecule has 23 heavy (non-hydrogen) atoms. The van der Waals surface area contributed by atoms with E-state index >= 15 is 0 Å². The van der Waals surface area contributed by atoms with Crippen LogP contribution in [-0.2, 0) is 9.53 Å². The molecule has 1 aromatic carbocycles. The third-order valence-corrected chi connectivity index (χ3v) is 4.71. The summed E-state index contributed by atoms with van der Waals surface area (Å²) in [7, 11) is 1.56. The number of ether oxygens (including phenoxy) is 2. The van der Waals surface area contributed by atoms with E-state index in [1.54, 1.807) is 31.4 Å². The van der Waals surface area contributed by atoms with Crippen LogP contribution in [0.5, 0.6) is 5.75 Å². The van der Waals surface area contributed by atoms with E-state index in [9.17, 15) is 9.59 Å². The summed E-state index contributed by atoms with van der Waals surface area (Å²) in [5.74, 6) is 0.978. The summed E-state index contributed by atoms with van der Waals surface area (Å²) in [5.41, 5.74) is 0.401. The van der Waals surface area contributed by atoms with Gasteiger partial charge in [0.05, 0.1) is 12.7 Å². The van der Waals surface area contributed by atoms with Gasteiger partial charge in [-0.1, -0.05) is 26.7 Å². The lowest BCUT2D eigenvalue weighted by molar-refractivity contribution is -0.125. The molecule has 126 valence electrons. The second-order valence-electron chi connectivity index (χ2n) is 6.25. The number of methoxy groups -OCH3 is 1. The number of carbonyl (C=O) groups excluding carboxylic acids is 2. The van der Waals surface area contributed by atoms with Gasteiger partial charge in [0.2, 0.25) is 0 Å². The zero-order valence-corrected chi connectivity index (χ0v) is 14.0. The third-order valence-electron chi connectivity index (χ3n) is 4.71. The molecule has 0 bridgehead atoms. The van der Waals surface area contributed by atoms with Crippen LogP contribution in [0.3, 0.4) is 0 Å². The molecule has 0 aliphatic heterocycles. The second-order valence-corrected chi connectivity index (χ2v) is 6.25. The molecule has 1 N–H and O–H groups in total. The van der Waals surface area contributed by atoms with Gasteiger partial charge < -0.3 is 14.8 Å². The van der Waals surface area contributed by atoms with E-state index in [4.69, 9.17) is 9.47 Å². The van der Waals surface area contributed by atoms with Crippen LogP contribution >= 0.6 is 0 Å². The monoisotopic (exact) mass is 319 g/mol. The highest BCUT2D eigenvalue weighted by Crippen LogP contribution is 2.29. The molecule has 1 aromatic rings. The fourth-order valence-corrected chi connectivity index (χ4v) is 2.98. The van der Waals surface area contributed by atoms with Crippen LogP contribution in [0.1, 0.15) is 43.5 Å². The number of nitrogens with one attached hydrogen (secondary N) is 1. The predicted octanol–water partition coefficient (Wildman–Crippen LogP) is 2.79. The highest BCUT2D eigenvalue weighted by atomic mass is 16.5. The molecule has 1 fully saturated rings. The van der Waals surface area contributed by atoms with Gasteiger partial charge in [0.15, 0.2) is 6.61 Å². The number of hydrogen-bond acceptors (Lipinski definition) is 4. The Bertz CT molecular complexity index is 540. The molecular weight excluding hydrogens is 294 g/mol. The SMILES string of the molecule is COc1ccc(C(=O)OCC(=O)N[C@@H]2CCC[C@@H](C)[C@@H]2C)cc1. The summed E-state index contributed by atoms with van der Waals surface area (Å²) in [6, 6.07) is 6.77. The lowest BCUT2D eigenvalue weighted by Crippen LogP contribution is -2.45. The number of esters is 1. The molecule has 1 aliphatic carbocycles. The zero-order valence-electron chi connectivity index (χ0n) is 14.0. The molecule has 1 aliphatic rings. The van der Waals surface area contributed by atoms with Gasteiger partial charge >= 0.3 is 5.97 Å². The summed E-state index contributed by atoms with van der Waals surface area (Å²) in [4.78, 5) is 23.9. The Morgan fingerprint density at radius 2 is 1.87 bits per heavy atom.